The number of fused-ring (bicyclic) bond motifs is 2. The molecule has 0 unspecified atom stereocenters. The van der Waals surface area contributed by atoms with Crippen LogP contribution in [-0.2, 0) is 9.47 Å². The minimum absolute atomic E-state index is 0.137. The molecule has 1 aromatic carbocycles. The zero-order chi connectivity index (χ0) is 19.9. The van der Waals surface area contributed by atoms with Crippen LogP contribution >= 0.6 is 0 Å². The number of hydrogen-bond donors (Lipinski definition) is 0. The van der Waals surface area contributed by atoms with Crippen molar-refractivity contribution >= 4 is 17.4 Å². The van der Waals surface area contributed by atoms with E-state index in [4.69, 9.17) is 9.47 Å². The van der Waals surface area contributed by atoms with Crippen LogP contribution < -0.4 is 0 Å². The van der Waals surface area contributed by atoms with Gasteiger partial charge in [-0.3, -0.25) is 4.79 Å². The number of hydrogen-bond acceptors (Lipinski definition) is 4. The van der Waals surface area contributed by atoms with E-state index in [2.05, 4.69) is 0 Å². The van der Waals surface area contributed by atoms with Crippen LogP contribution in [0.5, 0.6) is 0 Å². The van der Waals surface area contributed by atoms with E-state index in [0.29, 0.717) is 32.0 Å². The monoisotopic (exact) mass is 383 g/mol. The fourth-order valence-corrected chi connectivity index (χ4v) is 4.53. The Kier molecular flexibility index (Phi) is 5.04. The topological polar surface area (TPSA) is 55.8 Å². The highest BCUT2D eigenvalue weighted by Gasteiger charge is 2.36. The number of benzene rings is 1. The highest BCUT2D eigenvalue weighted by molar-refractivity contribution is 6.06. The number of carbonyl (C=O) groups excluding carboxylic acids is 2. The van der Waals surface area contributed by atoms with Gasteiger partial charge in [-0.05, 0) is 57.1 Å². The van der Waals surface area contributed by atoms with Crippen LogP contribution in [0.2, 0.25) is 0 Å². The number of ketones is 1. The SMILES string of the molecule is CC(C)(C)OC(=O)N1CCC([C@@H]2CC3=C(CO2)c2ccccc2C(=O)C3)CC1. The molecule has 1 amide bonds. The van der Waals surface area contributed by atoms with E-state index >= 15 is 0 Å². The number of carbonyl (C=O) groups is 2. The summed E-state index contributed by atoms with van der Waals surface area (Å²) >= 11 is 0. The van der Waals surface area contributed by atoms with E-state index in [1.165, 1.54) is 11.1 Å². The number of likely N-dealkylation sites (tertiary alicyclic amines) is 1. The van der Waals surface area contributed by atoms with Crippen LogP contribution in [0.25, 0.3) is 5.57 Å². The van der Waals surface area contributed by atoms with E-state index in [9.17, 15) is 9.59 Å². The van der Waals surface area contributed by atoms with Gasteiger partial charge in [0.1, 0.15) is 5.60 Å². The number of nitrogens with zero attached hydrogens (tertiary/aromatic N) is 1. The summed E-state index contributed by atoms with van der Waals surface area (Å²) in [5, 5.41) is 0. The van der Waals surface area contributed by atoms with Crippen molar-refractivity contribution in [1.29, 1.82) is 0 Å². The number of amides is 1. The molecule has 28 heavy (non-hydrogen) atoms. The predicted octanol–water partition coefficient (Wildman–Crippen LogP) is 4.46. The van der Waals surface area contributed by atoms with Crippen molar-refractivity contribution in [3.63, 3.8) is 0 Å². The minimum Gasteiger partial charge on any atom is -0.444 e. The molecule has 3 aliphatic rings. The van der Waals surface area contributed by atoms with Crippen LogP contribution in [0, 0.1) is 5.92 Å². The van der Waals surface area contributed by atoms with E-state index in [-0.39, 0.29) is 18.0 Å². The standard InChI is InChI=1S/C23H29NO4/c1-23(2,3)28-22(26)24-10-8-15(9-11-24)21-13-16-12-20(25)18-7-5-4-6-17(18)19(16)14-27-21/h4-7,15,21H,8-14H2,1-3H3/t21-/m0/s1. The molecule has 0 spiro atoms. The average molecular weight is 383 g/mol. The second-order valence-electron chi connectivity index (χ2n) is 9.09. The van der Waals surface area contributed by atoms with Crippen LogP contribution in [-0.4, -0.2) is 48.2 Å². The Balaban J connectivity index is 1.39. The van der Waals surface area contributed by atoms with Crippen molar-refractivity contribution in [2.45, 2.75) is 58.2 Å². The molecule has 2 aliphatic heterocycles. The fraction of sp³-hybridized carbons (Fsp3) is 0.565. The quantitative estimate of drug-likeness (QED) is 0.718. The molecule has 2 heterocycles. The molecule has 1 atom stereocenters. The van der Waals surface area contributed by atoms with Gasteiger partial charge in [0.2, 0.25) is 0 Å². The number of ether oxygens (including phenoxy) is 2. The summed E-state index contributed by atoms with van der Waals surface area (Å²) in [5.74, 6) is 0.634. The average Bonchev–Trinajstić information content (AvgIpc) is 2.67. The predicted molar refractivity (Wildman–Crippen MR) is 107 cm³/mol. The minimum atomic E-state index is -0.465. The molecule has 0 N–H and O–H groups in total. The van der Waals surface area contributed by atoms with Crippen molar-refractivity contribution in [2.24, 2.45) is 5.92 Å². The Morgan fingerprint density at radius 3 is 2.50 bits per heavy atom. The van der Waals surface area contributed by atoms with Crippen molar-refractivity contribution < 1.29 is 19.1 Å². The first-order valence-corrected chi connectivity index (χ1v) is 10.2. The van der Waals surface area contributed by atoms with Gasteiger partial charge in [-0.2, -0.15) is 0 Å². The summed E-state index contributed by atoms with van der Waals surface area (Å²) in [4.78, 5) is 26.6. The Bertz CT molecular complexity index is 812. The molecule has 1 aliphatic carbocycles. The Morgan fingerprint density at radius 1 is 1.14 bits per heavy atom. The third-order valence-electron chi connectivity index (χ3n) is 5.96. The van der Waals surface area contributed by atoms with Crippen molar-refractivity contribution in [1.82, 2.24) is 4.90 Å². The van der Waals surface area contributed by atoms with Gasteiger partial charge in [0.05, 0.1) is 12.7 Å². The lowest BCUT2D eigenvalue weighted by molar-refractivity contribution is -0.0124. The Hall–Kier alpha value is -2.14. The highest BCUT2D eigenvalue weighted by Crippen LogP contribution is 2.40. The lowest BCUT2D eigenvalue weighted by Crippen LogP contribution is -2.44. The van der Waals surface area contributed by atoms with Crippen LogP contribution in [0.15, 0.2) is 29.8 Å². The first-order chi connectivity index (χ1) is 13.3. The first kappa shape index (κ1) is 19.2. The molecule has 0 radical (unpaired) electrons. The van der Waals surface area contributed by atoms with Crippen molar-refractivity contribution in [3.05, 3.63) is 41.0 Å². The molecule has 5 nitrogen and oxygen atoms in total. The molecule has 4 rings (SSSR count). The highest BCUT2D eigenvalue weighted by atomic mass is 16.6. The number of piperidine rings is 1. The molecular weight excluding hydrogens is 354 g/mol. The van der Waals surface area contributed by atoms with E-state index in [1.807, 2.05) is 45.0 Å². The first-order valence-electron chi connectivity index (χ1n) is 10.2. The molecular formula is C23H29NO4. The normalized spacial score (nSPS) is 23.3. The van der Waals surface area contributed by atoms with Crippen molar-refractivity contribution in [3.8, 4) is 0 Å². The van der Waals surface area contributed by atoms with E-state index < -0.39 is 5.60 Å². The zero-order valence-electron chi connectivity index (χ0n) is 17.0. The lowest BCUT2D eigenvalue weighted by atomic mass is 9.78. The summed E-state index contributed by atoms with van der Waals surface area (Å²) in [6.07, 6.45) is 3.08. The van der Waals surface area contributed by atoms with Crippen LogP contribution in [0.1, 0.15) is 62.4 Å². The zero-order valence-corrected chi connectivity index (χ0v) is 17.0. The van der Waals surface area contributed by atoms with E-state index in [0.717, 1.165) is 30.4 Å². The molecule has 150 valence electrons. The summed E-state index contributed by atoms with van der Waals surface area (Å²) in [5.41, 5.74) is 3.86. The molecule has 0 bridgehead atoms. The van der Waals surface area contributed by atoms with Crippen LogP contribution in [0.4, 0.5) is 4.79 Å². The lowest BCUT2D eigenvalue weighted by Gasteiger charge is -2.39. The third kappa shape index (κ3) is 3.86. The Labute approximate surface area is 166 Å². The van der Waals surface area contributed by atoms with E-state index in [1.54, 1.807) is 4.90 Å². The summed E-state index contributed by atoms with van der Waals surface area (Å²) < 4.78 is 11.7. The third-order valence-corrected chi connectivity index (χ3v) is 5.96. The number of rotatable bonds is 1. The van der Waals surface area contributed by atoms with Gasteiger partial charge in [-0.15, -0.1) is 0 Å². The second kappa shape index (κ2) is 7.36. The summed E-state index contributed by atoms with van der Waals surface area (Å²) in [6.45, 7) is 7.66. The maximum Gasteiger partial charge on any atom is 0.410 e. The second-order valence-corrected chi connectivity index (χ2v) is 9.09. The van der Waals surface area contributed by atoms with Crippen LogP contribution in [0.3, 0.4) is 0 Å². The fourth-order valence-electron chi connectivity index (χ4n) is 4.53. The molecule has 5 heteroatoms. The molecule has 0 aromatic heterocycles. The maximum absolute atomic E-state index is 12.5. The maximum atomic E-state index is 12.5. The number of Topliss-reactive ketones (excluding diaryl/α,β-unsaturated/α-hetero) is 1. The van der Waals surface area contributed by atoms with Gasteiger partial charge in [0, 0.05) is 25.1 Å². The van der Waals surface area contributed by atoms with Gasteiger partial charge in [-0.1, -0.05) is 29.8 Å². The van der Waals surface area contributed by atoms with Gasteiger partial charge >= 0.3 is 6.09 Å². The smallest absolute Gasteiger partial charge is 0.410 e. The molecule has 0 saturated carbocycles. The van der Waals surface area contributed by atoms with Gasteiger partial charge < -0.3 is 14.4 Å². The van der Waals surface area contributed by atoms with Gasteiger partial charge in [-0.25, -0.2) is 4.79 Å². The van der Waals surface area contributed by atoms with Crippen molar-refractivity contribution in [2.75, 3.05) is 19.7 Å². The largest absolute Gasteiger partial charge is 0.444 e. The molecule has 1 saturated heterocycles. The Morgan fingerprint density at radius 2 is 1.82 bits per heavy atom. The summed E-state index contributed by atoms with van der Waals surface area (Å²) in [7, 11) is 0. The molecule has 1 aromatic rings. The molecule has 1 fully saturated rings. The summed E-state index contributed by atoms with van der Waals surface area (Å²) in [6, 6.07) is 7.86. The van der Waals surface area contributed by atoms with Gasteiger partial charge in [0.15, 0.2) is 5.78 Å². The van der Waals surface area contributed by atoms with Gasteiger partial charge in [0.25, 0.3) is 0 Å².